The highest BCUT2D eigenvalue weighted by atomic mass is 16.1. The molecule has 0 unspecified atom stereocenters. The molecule has 3 aromatic heterocycles. The van der Waals surface area contributed by atoms with Gasteiger partial charge in [0.15, 0.2) is 5.65 Å². The second-order valence-corrected chi connectivity index (χ2v) is 3.67. The van der Waals surface area contributed by atoms with E-state index >= 15 is 0 Å². The Labute approximate surface area is 95.4 Å². The third-order valence-corrected chi connectivity index (χ3v) is 2.65. The minimum atomic E-state index is -0.131. The van der Waals surface area contributed by atoms with Gasteiger partial charge in [-0.3, -0.25) is 13.8 Å². The van der Waals surface area contributed by atoms with E-state index in [2.05, 4.69) is 9.97 Å². The second kappa shape index (κ2) is 3.15. The second-order valence-electron chi connectivity index (χ2n) is 3.67. The van der Waals surface area contributed by atoms with Gasteiger partial charge in [-0.25, -0.2) is 4.98 Å². The van der Waals surface area contributed by atoms with Crippen LogP contribution in [0.15, 0.2) is 29.3 Å². The molecule has 0 aliphatic heterocycles. The van der Waals surface area contributed by atoms with Crippen LogP contribution in [0.1, 0.15) is 5.56 Å². The number of hydrogen-bond acceptors (Lipinski definition) is 4. The SMILES string of the molecule is Cn1c(=O)ccn2c3cc(C#N)cnc3nc12. The maximum absolute atomic E-state index is 11.5. The molecule has 0 amide bonds. The summed E-state index contributed by atoms with van der Waals surface area (Å²) in [7, 11) is 1.65. The smallest absolute Gasteiger partial charge is 0.254 e. The van der Waals surface area contributed by atoms with Gasteiger partial charge in [-0.1, -0.05) is 0 Å². The Morgan fingerprint density at radius 1 is 1.47 bits per heavy atom. The lowest BCUT2D eigenvalue weighted by Crippen LogP contribution is -2.17. The van der Waals surface area contributed by atoms with Gasteiger partial charge in [-0.05, 0) is 6.07 Å². The average Bonchev–Trinajstić information content (AvgIpc) is 2.72. The number of aryl methyl sites for hydroxylation is 1. The Morgan fingerprint density at radius 2 is 2.29 bits per heavy atom. The molecule has 0 saturated heterocycles. The Bertz CT molecular complexity index is 837. The molecule has 3 heterocycles. The summed E-state index contributed by atoms with van der Waals surface area (Å²) >= 11 is 0. The predicted molar refractivity (Wildman–Crippen MR) is 60.4 cm³/mol. The highest BCUT2D eigenvalue weighted by molar-refractivity contribution is 5.76. The maximum atomic E-state index is 11.5. The van der Waals surface area contributed by atoms with Crippen LogP contribution >= 0.6 is 0 Å². The molecule has 0 atom stereocenters. The molecule has 6 nitrogen and oxygen atoms in total. The van der Waals surface area contributed by atoms with E-state index in [9.17, 15) is 4.79 Å². The normalized spacial score (nSPS) is 10.8. The van der Waals surface area contributed by atoms with Crippen molar-refractivity contribution in [1.82, 2.24) is 18.9 Å². The molecule has 0 fully saturated rings. The molecule has 0 bridgehead atoms. The lowest BCUT2D eigenvalue weighted by Gasteiger charge is -1.99. The number of fused-ring (bicyclic) bond motifs is 3. The minimum absolute atomic E-state index is 0.131. The summed E-state index contributed by atoms with van der Waals surface area (Å²) in [6, 6.07) is 5.18. The summed E-state index contributed by atoms with van der Waals surface area (Å²) in [5, 5.41) is 8.83. The third-order valence-electron chi connectivity index (χ3n) is 2.65. The number of nitriles is 1. The molecule has 0 aliphatic rings. The Kier molecular flexibility index (Phi) is 1.77. The molecule has 0 N–H and O–H groups in total. The van der Waals surface area contributed by atoms with Crippen molar-refractivity contribution in [2.75, 3.05) is 0 Å². The van der Waals surface area contributed by atoms with E-state index in [4.69, 9.17) is 5.26 Å². The highest BCUT2D eigenvalue weighted by Gasteiger charge is 2.08. The Hall–Kier alpha value is -2.68. The number of pyridine rings is 1. The van der Waals surface area contributed by atoms with Crippen molar-refractivity contribution in [3.8, 4) is 6.07 Å². The van der Waals surface area contributed by atoms with Gasteiger partial charge in [0, 0.05) is 25.5 Å². The molecule has 17 heavy (non-hydrogen) atoms. The van der Waals surface area contributed by atoms with E-state index in [0.29, 0.717) is 17.0 Å². The molecule has 6 heteroatoms. The lowest BCUT2D eigenvalue weighted by molar-refractivity contribution is 0.848. The van der Waals surface area contributed by atoms with Crippen LogP contribution in [0.4, 0.5) is 0 Å². The van der Waals surface area contributed by atoms with Crippen LogP contribution in [0, 0.1) is 11.3 Å². The van der Waals surface area contributed by atoms with Crippen molar-refractivity contribution in [1.29, 1.82) is 5.26 Å². The Balaban J connectivity index is 2.56. The van der Waals surface area contributed by atoms with Crippen molar-refractivity contribution in [3.63, 3.8) is 0 Å². The topological polar surface area (TPSA) is 76.0 Å². The van der Waals surface area contributed by atoms with Gasteiger partial charge < -0.3 is 0 Å². The first kappa shape index (κ1) is 9.54. The first-order valence-electron chi connectivity index (χ1n) is 4.94. The molecule has 82 valence electrons. The number of rotatable bonds is 0. The maximum Gasteiger partial charge on any atom is 0.254 e. The van der Waals surface area contributed by atoms with Crippen molar-refractivity contribution < 1.29 is 0 Å². The van der Waals surface area contributed by atoms with Gasteiger partial charge in [0.2, 0.25) is 5.78 Å². The number of imidazole rings is 1. The number of aromatic nitrogens is 4. The summed E-state index contributed by atoms with van der Waals surface area (Å²) in [5.41, 5.74) is 1.57. The number of nitrogens with zero attached hydrogens (tertiary/aromatic N) is 5. The standard InChI is InChI=1S/C11H7N5O/c1-15-9(17)2-3-16-8-4-7(5-12)6-13-10(8)14-11(15)16/h2-4,6H,1H3. The van der Waals surface area contributed by atoms with Crippen molar-refractivity contribution in [2.24, 2.45) is 7.05 Å². The molecule has 3 aromatic rings. The van der Waals surface area contributed by atoms with Crippen LogP contribution < -0.4 is 5.56 Å². The van der Waals surface area contributed by atoms with Gasteiger partial charge >= 0.3 is 0 Å². The zero-order valence-electron chi connectivity index (χ0n) is 8.95. The van der Waals surface area contributed by atoms with Crippen LogP contribution in [0.5, 0.6) is 0 Å². The summed E-state index contributed by atoms with van der Waals surface area (Å²) < 4.78 is 3.18. The molecule has 0 radical (unpaired) electrons. The molecule has 0 aliphatic carbocycles. The quantitative estimate of drug-likeness (QED) is 0.556. The Morgan fingerprint density at radius 3 is 3.06 bits per heavy atom. The minimum Gasteiger partial charge on any atom is -0.283 e. The average molecular weight is 225 g/mol. The summed E-state index contributed by atoms with van der Waals surface area (Å²) in [6.07, 6.45) is 3.10. The first-order chi connectivity index (χ1) is 8.20. The van der Waals surface area contributed by atoms with Gasteiger partial charge in [0.1, 0.15) is 6.07 Å². The zero-order valence-corrected chi connectivity index (χ0v) is 8.95. The summed E-state index contributed by atoms with van der Waals surface area (Å²) in [6.45, 7) is 0. The number of hydrogen-bond donors (Lipinski definition) is 0. The van der Waals surface area contributed by atoms with Crippen molar-refractivity contribution >= 4 is 16.9 Å². The molecule has 3 rings (SSSR count). The van der Waals surface area contributed by atoms with Crippen LogP contribution in [0.25, 0.3) is 16.9 Å². The van der Waals surface area contributed by atoms with Crippen molar-refractivity contribution in [2.45, 2.75) is 0 Å². The molecule has 0 saturated carbocycles. The summed E-state index contributed by atoms with van der Waals surface area (Å²) in [4.78, 5) is 19.8. The van der Waals surface area contributed by atoms with E-state index in [0.717, 1.165) is 5.52 Å². The van der Waals surface area contributed by atoms with Gasteiger partial charge in [-0.2, -0.15) is 10.2 Å². The fourth-order valence-electron chi connectivity index (χ4n) is 1.76. The van der Waals surface area contributed by atoms with E-state index in [1.807, 2.05) is 6.07 Å². The van der Waals surface area contributed by atoms with E-state index in [1.165, 1.54) is 16.8 Å². The van der Waals surface area contributed by atoms with E-state index in [1.54, 1.807) is 23.7 Å². The fraction of sp³-hybridized carbons (Fsp3) is 0.0909. The first-order valence-corrected chi connectivity index (χ1v) is 4.94. The summed E-state index contributed by atoms with van der Waals surface area (Å²) in [5.74, 6) is 0.509. The highest BCUT2D eigenvalue weighted by Crippen LogP contribution is 2.14. The predicted octanol–water partition coefficient (Wildman–Crippen LogP) is 0.453. The van der Waals surface area contributed by atoms with E-state index in [-0.39, 0.29) is 5.56 Å². The van der Waals surface area contributed by atoms with E-state index < -0.39 is 0 Å². The monoisotopic (exact) mass is 225 g/mol. The largest absolute Gasteiger partial charge is 0.283 e. The molecule has 0 aromatic carbocycles. The van der Waals surface area contributed by atoms with Gasteiger partial charge in [-0.15, -0.1) is 0 Å². The lowest BCUT2D eigenvalue weighted by atomic mass is 10.3. The van der Waals surface area contributed by atoms with Crippen LogP contribution in [0.3, 0.4) is 0 Å². The van der Waals surface area contributed by atoms with Crippen LogP contribution in [-0.2, 0) is 7.05 Å². The zero-order chi connectivity index (χ0) is 12.0. The van der Waals surface area contributed by atoms with Crippen molar-refractivity contribution in [3.05, 3.63) is 40.4 Å². The molecular weight excluding hydrogens is 218 g/mol. The van der Waals surface area contributed by atoms with Gasteiger partial charge in [0.05, 0.1) is 11.1 Å². The van der Waals surface area contributed by atoms with Crippen LogP contribution in [-0.4, -0.2) is 18.9 Å². The van der Waals surface area contributed by atoms with Crippen LogP contribution in [0.2, 0.25) is 0 Å². The fourth-order valence-corrected chi connectivity index (χ4v) is 1.76. The molecular formula is C11H7N5O. The van der Waals surface area contributed by atoms with Gasteiger partial charge in [0.25, 0.3) is 5.56 Å². The third kappa shape index (κ3) is 1.23. The molecule has 0 spiro atoms.